The number of hydrogen-bond acceptors (Lipinski definition) is 5. The van der Waals surface area contributed by atoms with E-state index in [9.17, 15) is 18.0 Å². The normalized spacial score (nSPS) is 18.4. The molecular formula is C20H15F3N2O3S. The quantitative estimate of drug-likeness (QED) is 0.675. The van der Waals surface area contributed by atoms with Crippen LogP contribution in [0.3, 0.4) is 0 Å². The summed E-state index contributed by atoms with van der Waals surface area (Å²) >= 11 is 1.29. The number of hydrogen-bond donors (Lipinski definition) is 1. The van der Waals surface area contributed by atoms with E-state index >= 15 is 0 Å². The molecule has 0 saturated carbocycles. The van der Waals surface area contributed by atoms with Gasteiger partial charge in [0.05, 0.1) is 11.5 Å². The van der Waals surface area contributed by atoms with E-state index in [0.717, 1.165) is 0 Å². The van der Waals surface area contributed by atoms with Crippen molar-refractivity contribution in [1.29, 1.82) is 0 Å². The Bertz CT molecular complexity index is 1010. The van der Waals surface area contributed by atoms with Crippen molar-refractivity contribution < 1.29 is 27.4 Å². The molecule has 0 bridgehead atoms. The lowest BCUT2D eigenvalue weighted by Crippen LogP contribution is -2.50. The average molecular weight is 420 g/mol. The minimum absolute atomic E-state index is 0.297. The number of aromatic nitrogens is 1. The van der Waals surface area contributed by atoms with E-state index in [1.54, 1.807) is 35.8 Å². The van der Waals surface area contributed by atoms with Crippen LogP contribution in [0, 0.1) is 0 Å². The number of nitrogens with zero attached hydrogens (tertiary/aromatic N) is 1. The lowest BCUT2D eigenvalue weighted by atomic mass is 9.81. The predicted octanol–water partition coefficient (Wildman–Crippen LogP) is 4.50. The summed E-state index contributed by atoms with van der Waals surface area (Å²) in [5.41, 5.74) is 0.0352. The van der Waals surface area contributed by atoms with Crippen molar-refractivity contribution in [3.63, 3.8) is 0 Å². The number of amides is 1. The van der Waals surface area contributed by atoms with Crippen LogP contribution in [0.15, 0.2) is 60.1 Å². The van der Waals surface area contributed by atoms with Gasteiger partial charge in [-0.2, -0.15) is 0 Å². The largest absolute Gasteiger partial charge is 0.573 e. The number of halogens is 3. The number of benzene rings is 1. The molecule has 5 nitrogen and oxygen atoms in total. The molecule has 29 heavy (non-hydrogen) atoms. The minimum Gasteiger partial charge on any atom is -0.491 e. The summed E-state index contributed by atoms with van der Waals surface area (Å²) in [4.78, 5) is 17.8. The molecule has 3 heterocycles. The van der Waals surface area contributed by atoms with E-state index < -0.39 is 11.9 Å². The Morgan fingerprint density at radius 3 is 2.66 bits per heavy atom. The van der Waals surface area contributed by atoms with Crippen LogP contribution in [0.25, 0.3) is 0 Å². The first-order chi connectivity index (χ1) is 13.9. The van der Waals surface area contributed by atoms with Gasteiger partial charge in [0.2, 0.25) is 0 Å². The van der Waals surface area contributed by atoms with Gasteiger partial charge in [0.25, 0.3) is 5.91 Å². The van der Waals surface area contributed by atoms with Crippen LogP contribution in [0.5, 0.6) is 11.5 Å². The fourth-order valence-electron chi connectivity index (χ4n) is 3.34. The molecule has 0 aliphatic carbocycles. The molecule has 1 aromatic carbocycles. The van der Waals surface area contributed by atoms with Gasteiger partial charge in [-0.25, -0.2) is 0 Å². The molecule has 4 rings (SSSR count). The van der Waals surface area contributed by atoms with E-state index in [0.29, 0.717) is 34.9 Å². The standard InChI is InChI=1S/C20H15F3N2O3S/c21-20(22,23)28-14-7-5-13(6-8-14)19(25-18(26)16-4-2-12-29-16)9-11-27-15-3-1-10-24-17(15)19/h1-8,10,12H,9,11H2,(H,25,26). The second-order valence-corrected chi connectivity index (χ2v) is 7.31. The second kappa shape index (κ2) is 7.40. The molecule has 0 saturated heterocycles. The van der Waals surface area contributed by atoms with E-state index in [1.165, 1.54) is 35.6 Å². The summed E-state index contributed by atoms with van der Waals surface area (Å²) in [6.07, 6.45) is -2.83. The molecule has 2 aromatic heterocycles. The van der Waals surface area contributed by atoms with Gasteiger partial charge in [-0.3, -0.25) is 9.78 Å². The summed E-state index contributed by atoms with van der Waals surface area (Å²) < 4.78 is 47.1. The van der Waals surface area contributed by atoms with E-state index in [2.05, 4.69) is 15.0 Å². The third kappa shape index (κ3) is 3.91. The Morgan fingerprint density at radius 1 is 1.17 bits per heavy atom. The number of alkyl halides is 3. The smallest absolute Gasteiger partial charge is 0.491 e. The maximum Gasteiger partial charge on any atom is 0.573 e. The molecule has 1 unspecified atom stereocenters. The molecular weight excluding hydrogens is 405 g/mol. The van der Waals surface area contributed by atoms with Gasteiger partial charge in [0.15, 0.2) is 0 Å². The fraction of sp³-hybridized carbons (Fsp3) is 0.200. The molecule has 1 amide bonds. The number of pyridine rings is 1. The van der Waals surface area contributed by atoms with Crippen molar-refractivity contribution in [2.24, 2.45) is 0 Å². The summed E-state index contributed by atoms with van der Waals surface area (Å²) in [5.74, 6) is -0.121. The second-order valence-electron chi connectivity index (χ2n) is 6.36. The van der Waals surface area contributed by atoms with Crippen molar-refractivity contribution in [1.82, 2.24) is 10.3 Å². The van der Waals surface area contributed by atoms with Crippen molar-refractivity contribution in [2.75, 3.05) is 6.61 Å². The maximum atomic E-state index is 12.9. The Morgan fingerprint density at radius 2 is 1.97 bits per heavy atom. The van der Waals surface area contributed by atoms with Crippen molar-refractivity contribution >= 4 is 17.2 Å². The van der Waals surface area contributed by atoms with Crippen LogP contribution in [0.1, 0.15) is 27.3 Å². The molecule has 1 N–H and O–H groups in total. The number of rotatable bonds is 4. The van der Waals surface area contributed by atoms with Crippen molar-refractivity contribution in [2.45, 2.75) is 18.3 Å². The topological polar surface area (TPSA) is 60.5 Å². The lowest BCUT2D eigenvalue weighted by Gasteiger charge is -2.38. The van der Waals surface area contributed by atoms with Gasteiger partial charge in [0, 0.05) is 12.6 Å². The average Bonchev–Trinajstić information content (AvgIpc) is 3.22. The maximum absolute atomic E-state index is 12.9. The molecule has 1 atom stereocenters. The van der Waals surface area contributed by atoms with Gasteiger partial charge in [-0.05, 0) is 41.3 Å². The fourth-order valence-corrected chi connectivity index (χ4v) is 3.96. The number of ether oxygens (including phenoxy) is 2. The highest BCUT2D eigenvalue weighted by Gasteiger charge is 2.43. The van der Waals surface area contributed by atoms with Gasteiger partial charge >= 0.3 is 6.36 Å². The van der Waals surface area contributed by atoms with E-state index in [1.807, 2.05) is 0 Å². The van der Waals surface area contributed by atoms with Crippen LogP contribution in [0.4, 0.5) is 13.2 Å². The third-order valence-electron chi connectivity index (χ3n) is 4.56. The third-order valence-corrected chi connectivity index (χ3v) is 5.43. The number of carbonyl (C=O) groups is 1. The van der Waals surface area contributed by atoms with E-state index in [-0.39, 0.29) is 11.7 Å². The molecule has 9 heteroatoms. The van der Waals surface area contributed by atoms with Crippen molar-refractivity contribution in [3.8, 4) is 11.5 Å². The number of carbonyl (C=O) groups excluding carboxylic acids is 1. The molecule has 0 radical (unpaired) electrons. The Hall–Kier alpha value is -3.07. The van der Waals surface area contributed by atoms with Crippen LogP contribution >= 0.6 is 11.3 Å². The number of nitrogens with one attached hydrogen (secondary N) is 1. The Balaban J connectivity index is 1.77. The summed E-state index contributed by atoms with van der Waals surface area (Å²) in [5, 5.41) is 4.83. The number of fused-ring (bicyclic) bond motifs is 1. The van der Waals surface area contributed by atoms with Gasteiger partial charge in [-0.15, -0.1) is 24.5 Å². The van der Waals surface area contributed by atoms with Crippen LogP contribution in [-0.4, -0.2) is 23.9 Å². The highest BCUT2D eigenvalue weighted by Crippen LogP contribution is 2.41. The summed E-state index contributed by atoms with van der Waals surface area (Å²) in [6.45, 7) is 0.310. The summed E-state index contributed by atoms with van der Waals surface area (Å²) in [7, 11) is 0. The molecule has 1 aliphatic heterocycles. The highest BCUT2D eigenvalue weighted by molar-refractivity contribution is 7.12. The molecule has 150 valence electrons. The SMILES string of the molecule is O=C(NC1(c2ccc(OC(F)(F)F)cc2)CCOc2cccnc21)c1cccs1. The first kappa shape index (κ1) is 19.3. The van der Waals surface area contributed by atoms with Crippen LogP contribution < -0.4 is 14.8 Å². The predicted molar refractivity (Wildman–Crippen MR) is 100 cm³/mol. The Labute approximate surface area is 168 Å². The van der Waals surface area contributed by atoms with Crippen LogP contribution in [-0.2, 0) is 5.54 Å². The van der Waals surface area contributed by atoms with Gasteiger partial charge in [-0.1, -0.05) is 18.2 Å². The minimum atomic E-state index is -4.78. The zero-order valence-electron chi connectivity index (χ0n) is 14.9. The number of thiophene rings is 1. The summed E-state index contributed by atoms with van der Waals surface area (Å²) in [6, 6.07) is 12.4. The zero-order chi connectivity index (χ0) is 20.5. The van der Waals surface area contributed by atoms with Crippen LogP contribution in [0.2, 0.25) is 0 Å². The molecule has 3 aromatic rings. The molecule has 1 aliphatic rings. The monoisotopic (exact) mass is 420 g/mol. The lowest BCUT2D eigenvalue weighted by molar-refractivity contribution is -0.274. The first-order valence-electron chi connectivity index (χ1n) is 8.68. The van der Waals surface area contributed by atoms with Crippen molar-refractivity contribution in [3.05, 3.63) is 76.2 Å². The molecule has 0 spiro atoms. The van der Waals surface area contributed by atoms with Gasteiger partial charge < -0.3 is 14.8 Å². The zero-order valence-corrected chi connectivity index (χ0v) is 15.7. The van der Waals surface area contributed by atoms with E-state index in [4.69, 9.17) is 4.74 Å². The highest BCUT2D eigenvalue weighted by atomic mass is 32.1. The Kier molecular flexibility index (Phi) is 4.91. The first-order valence-corrected chi connectivity index (χ1v) is 9.56. The molecule has 0 fully saturated rings. The van der Waals surface area contributed by atoms with Gasteiger partial charge in [0.1, 0.15) is 22.7 Å².